The minimum Gasteiger partial charge on any atom is -0.439 e. The molecule has 0 aliphatic carbocycles. The van der Waals surface area contributed by atoms with Crippen LogP contribution in [-0.2, 0) is 6.54 Å². The van der Waals surface area contributed by atoms with Crippen molar-refractivity contribution in [3.05, 3.63) is 53.5 Å². The first kappa shape index (κ1) is 12.5. The predicted octanol–water partition coefficient (Wildman–Crippen LogP) is 3.04. The zero-order valence-corrected chi connectivity index (χ0v) is 10.4. The summed E-state index contributed by atoms with van der Waals surface area (Å²) in [5, 5.41) is 3.08. The smallest absolute Gasteiger partial charge is 0.219 e. The van der Waals surface area contributed by atoms with Gasteiger partial charge in [-0.05, 0) is 43.8 Å². The highest BCUT2D eigenvalue weighted by Crippen LogP contribution is 2.20. The van der Waals surface area contributed by atoms with Crippen molar-refractivity contribution in [2.24, 2.45) is 0 Å². The third-order valence-corrected chi connectivity index (χ3v) is 2.57. The Morgan fingerprint density at radius 3 is 2.50 bits per heavy atom. The first-order valence-corrected chi connectivity index (χ1v) is 5.73. The number of halogens is 1. The molecular weight excluding hydrogens is 231 g/mol. The fraction of sp³-hybridized carbons (Fsp3) is 0.214. The van der Waals surface area contributed by atoms with E-state index in [0.717, 1.165) is 17.8 Å². The summed E-state index contributed by atoms with van der Waals surface area (Å²) < 4.78 is 18.3. The summed E-state index contributed by atoms with van der Waals surface area (Å²) in [5.74, 6) is 0.805. The van der Waals surface area contributed by atoms with Crippen LogP contribution in [0.4, 0.5) is 4.39 Å². The van der Waals surface area contributed by atoms with Crippen molar-refractivity contribution in [1.29, 1.82) is 0 Å². The van der Waals surface area contributed by atoms with Crippen LogP contribution in [-0.4, -0.2) is 12.0 Å². The van der Waals surface area contributed by atoms with Gasteiger partial charge in [0.1, 0.15) is 11.6 Å². The van der Waals surface area contributed by atoms with Gasteiger partial charge in [-0.1, -0.05) is 6.07 Å². The molecule has 0 amide bonds. The molecule has 2 rings (SSSR count). The lowest BCUT2D eigenvalue weighted by molar-refractivity contribution is 0.459. The van der Waals surface area contributed by atoms with Gasteiger partial charge in [0, 0.05) is 18.3 Å². The molecule has 18 heavy (non-hydrogen) atoms. The van der Waals surface area contributed by atoms with E-state index in [1.54, 1.807) is 12.1 Å². The van der Waals surface area contributed by atoms with Crippen LogP contribution < -0.4 is 10.1 Å². The second kappa shape index (κ2) is 5.60. The Hall–Kier alpha value is -1.94. The quantitative estimate of drug-likeness (QED) is 0.900. The second-order valence-electron chi connectivity index (χ2n) is 3.98. The van der Waals surface area contributed by atoms with Crippen LogP contribution in [0.1, 0.15) is 11.3 Å². The van der Waals surface area contributed by atoms with Gasteiger partial charge < -0.3 is 10.1 Å². The van der Waals surface area contributed by atoms with Crippen LogP contribution in [0.15, 0.2) is 36.4 Å². The van der Waals surface area contributed by atoms with E-state index in [-0.39, 0.29) is 5.82 Å². The normalized spacial score (nSPS) is 10.4. The van der Waals surface area contributed by atoms with Gasteiger partial charge in [-0.3, -0.25) is 0 Å². The van der Waals surface area contributed by atoms with Gasteiger partial charge in [-0.15, -0.1) is 0 Å². The molecule has 1 N–H and O–H groups in total. The summed E-state index contributed by atoms with van der Waals surface area (Å²) in [7, 11) is 1.89. The fourth-order valence-corrected chi connectivity index (χ4v) is 1.62. The van der Waals surface area contributed by atoms with Crippen molar-refractivity contribution in [1.82, 2.24) is 10.3 Å². The number of nitrogens with one attached hydrogen (secondary N) is 1. The second-order valence-corrected chi connectivity index (χ2v) is 3.98. The Morgan fingerprint density at radius 1 is 1.17 bits per heavy atom. The number of ether oxygens (including phenoxy) is 1. The number of aromatic nitrogens is 1. The average Bonchev–Trinajstić information content (AvgIpc) is 2.36. The lowest BCUT2D eigenvalue weighted by Crippen LogP contribution is -2.07. The number of benzene rings is 1. The molecule has 3 nitrogen and oxygen atoms in total. The van der Waals surface area contributed by atoms with Gasteiger partial charge in [0.25, 0.3) is 0 Å². The molecule has 1 heterocycles. The summed E-state index contributed by atoms with van der Waals surface area (Å²) in [6.45, 7) is 2.71. The Bertz CT molecular complexity index is 526. The Morgan fingerprint density at radius 2 is 1.89 bits per heavy atom. The summed E-state index contributed by atoms with van der Waals surface area (Å²) >= 11 is 0. The SMILES string of the molecule is CNCc1ccc(Oc2ccc(F)cc2)nc1C. The van der Waals surface area contributed by atoms with E-state index in [1.165, 1.54) is 12.1 Å². The molecule has 0 bridgehead atoms. The number of hydrogen-bond acceptors (Lipinski definition) is 3. The summed E-state index contributed by atoms with van der Waals surface area (Å²) in [5.41, 5.74) is 2.05. The number of pyridine rings is 1. The van der Waals surface area contributed by atoms with Crippen molar-refractivity contribution in [3.8, 4) is 11.6 Å². The third kappa shape index (κ3) is 3.05. The van der Waals surface area contributed by atoms with Crippen LogP contribution in [0.3, 0.4) is 0 Å². The topological polar surface area (TPSA) is 34.1 Å². The molecule has 0 aliphatic heterocycles. The molecule has 1 aromatic carbocycles. The maximum Gasteiger partial charge on any atom is 0.219 e. The largest absolute Gasteiger partial charge is 0.439 e. The molecule has 0 spiro atoms. The van der Waals surface area contributed by atoms with E-state index in [0.29, 0.717) is 11.6 Å². The molecule has 0 saturated heterocycles. The Balaban J connectivity index is 2.14. The van der Waals surface area contributed by atoms with Gasteiger partial charge in [-0.25, -0.2) is 9.37 Å². The fourth-order valence-electron chi connectivity index (χ4n) is 1.62. The molecule has 1 aromatic heterocycles. The number of rotatable bonds is 4. The van der Waals surface area contributed by atoms with Gasteiger partial charge >= 0.3 is 0 Å². The van der Waals surface area contributed by atoms with E-state index < -0.39 is 0 Å². The third-order valence-electron chi connectivity index (χ3n) is 2.57. The van der Waals surface area contributed by atoms with Gasteiger partial charge in [0.2, 0.25) is 5.88 Å². The molecule has 0 aliphatic rings. The number of nitrogens with zero attached hydrogens (tertiary/aromatic N) is 1. The Kier molecular flexibility index (Phi) is 3.89. The zero-order chi connectivity index (χ0) is 13.0. The van der Waals surface area contributed by atoms with Crippen LogP contribution >= 0.6 is 0 Å². The predicted molar refractivity (Wildman–Crippen MR) is 68.2 cm³/mol. The average molecular weight is 246 g/mol. The minimum absolute atomic E-state index is 0.282. The van der Waals surface area contributed by atoms with E-state index in [4.69, 9.17) is 4.74 Å². The van der Waals surface area contributed by atoms with Crippen LogP contribution in [0, 0.1) is 12.7 Å². The van der Waals surface area contributed by atoms with Crippen molar-refractivity contribution >= 4 is 0 Å². The maximum absolute atomic E-state index is 12.7. The van der Waals surface area contributed by atoms with Crippen LogP contribution in [0.5, 0.6) is 11.6 Å². The highest BCUT2D eigenvalue weighted by Gasteiger charge is 2.03. The summed E-state index contributed by atoms with van der Waals surface area (Å²) in [6, 6.07) is 9.65. The van der Waals surface area contributed by atoms with Gasteiger partial charge in [0.05, 0.1) is 0 Å². The van der Waals surface area contributed by atoms with E-state index in [1.807, 2.05) is 26.1 Å². The Labute approximate surface area is 106 Å². The lowest BCUT2D eigenvalue weighted by atomic mass is 10.2. The van der Waals surface area contributed by atoms with Crippen molar-refractivity contribution < 1.29 is 9.13 Å². The van der Waals surface area contributed by atoms with E-state index in [2.05, 4.69) is 10.3 Å². The van der Waals surface area contributed by atoms with E-state index >= 15 is 0 Å². The van der Waals surface area contributed by atoms with Crippen molar-refractivity contribution in [2.45, 2.75) is 13.5 Å². The molecule has 2 aromatic rings. The summed E-state index contributed by atoms with van der Waals surface area (Å²) in [6.07, 6.45) is 0. The number of hydrogen-bond donors (Lipinski definition) is 1. The first-order chi connectivity index (χ1) is 8.69. The van der Waals surface area contributed by atoms with Crippen molar-refractivity contribution in [2.75, 3.05) is 7.05 Å². The van der Waals surface area contributed by atoms with Crippen LogP contribution in [0.2, 0.25) is 0 Å². The van der Waals surface area contributed by atoms with Crippen LogP contribution in [0.25, 0.3) is 0 Å². The maximum atomic E-state index is 12.7. The monoisotopic (exact) mass is 246 g/mol. The molecule has 94 valence electrons. The van der Waals surface area contributed by atoms with E-state index in [9.17, 15) is 4.39 Å². The molecule has 0 saturated carbocycles. The molecule has 4 heteroatoms. The highest BCUT2D eigenvalue weighted by molar-refractivity contribution is 5.30. The van der Waals surface area contributed by atoms with Gasteiger partial charge in [-0.2, -0.15) is 0 Å². The molecule has 0 radical (unpaired) electrons. The lowest BCUT2D eigenvalue weighted by Gasteiger charge is -2.08. The molecule has 0 atom stereocenters. The number of aryl methyl sites for hydroxylation is 1. The first-order valence-electron chi connectivity index (χ1n) is 5.73. The summed E-state index contributed by atoms with van der Waals surface area (Å²) in [4.78, 5) is 4.35. The minimum atomic E-state index is -0.282. The molecule has 0 fully saturated rings. The molecular formula is C14H15FN2O. The molecule has 0 unspecified atom stereocenters. The van der Waals surface area contributed by atoms with Crippen molar-refractivity contribution in [3.63, 3.8) is 0 Å². The zero-order valence-electron chi connectivity index (χ0n) is 10.4. The highest BCUT2D eigenvalue weighted by atomic mass is 19.1. The van der Waals surface area contributed by atoms with Gasteiger partial charge in [0.15, 0.2) is 0 Å². The standard InChI is InChI=1S/C14H15FN2O/c1-10-11(9-16-2)3-8-14(17-10)18-13-6-4-12(15)5-7-13/h3-8,16H,9H2,1-2H3.